The van der Waals surface area contributed by atoms with Gasteiger partial charge in [0.05, 0.1) is 12.0 Å². The number of unbranched alkanes of at least 4 members (excludes halogenated alkanes) is 1. The molecular formula is C21H38O4. The zero-order valence-electron chi connectivity index (χ0n) is 16.8. The summed E-state index contributed by atoms with van der Waals surface area (Å²) in [7, 11) is 0. The van der Waals surface area contributed by atoms with Crippen LogP contribution in [0.4, 0.5) is 0 Å². The maximum absolute atomic E-state index is 12.8. The Morgan fingerprint density at radius 1 is 1.12 bits per heavy atom. The molecule has 2 aliphatic carbocycles. The summed E-state index contributed by atoms with van der Waals surface area (Å²) in [5.41, 5.74) is -0.886. The Morgan fingerprint density at radius 2 is 1.80 bits per heavy atom. The van der Waals surface area contributed by atoms with Crippen LogP contribution in [0.2, 0.25) is 0 Å². The van der Waals surface area contributed by atoms with Gasteiger partial charge in [-0.2, -0.15) is 0 Å². The topological polar surface area (TPSA) is 44.8 Å². The van der Waals surface area contributed by atoms with Gasteiger partial charge in [-0.15, -0.1) is 0 Å². The maximum atomic E-state index is 12.8. The summed E-state index contributed by atoms with van der Waals surface area (Å²) in [6, 6.07) is 0. The van der Waals surface area contributed by atoms with Gasteiger partial charge >= 0.3 is 5.97 Å². The first-order valence-corrected chi connectivity index (χ1v) is 10.3. The van der Waals surface area contributed by atoms with E-state index >= 15 is 0 Å². The molecule has 0 aromatic carbocycles. The SMILES string of the molecule is CCCCOCOCC1(OC(=O)C(C)(C)CC)CC2CCCC(C2)C1. The number of hydrogen-bond donors (Lipinski definition) is 0. The molecule has 2 saturated carbocycles. The molecule has 0 aromatic rings. The van der Waals surface area contributed by atoms with E-state index in [0.29, 0.717) is 25.2 Å². The summed E-state index contributed by atoms with van der Waals surface area (Å²) in [6.45, 7) is 9.64. The second kappa shape index (κ2) is 9.36. The highest BCUT2D eigenvalue weighted by atomic mass is 16.7. The van der Waals surface area contributed by atoms with Crippen LogP contribution in [0.25, 0.3) is 0 Å². The molecule has 0 heterocycles. The Bertz CT molecular complexity index is 406. The molecule has 0 saturated heterocycles. The molecule has 4 heteroatoms. The van der Waals surface area contributed by atoms with Crippen molar-refractivity contribution in [1.29, 1.82) is 0 Å². The number of carbonyl (C=O) groups is 1. The van der Waals surface area contributed by atoms with Crippen LogP contribution in [-0.4, -0.2) is 31.6 Å². The molecule has 25 heavy (non-hydrogen) atoms. The monoisotopic (exact) mass is 354 g/mol. The average Bonchev–Trinajstić information content (AvgIpc) is 2.57. The van der Waals surface area contributed by atoms with Crippen molar-refractivity contribution in [1.82, 2.24) is 0 Å². The fourth-order valence-corrected chi connectivity index (χ4v) is 4.21. The lowest BCUT2D eigenvalue weighted by Crippen LogP contribution is -2.49. The zero-order valence-corrected chi connectivity index (χ0v) is 16.8. The van der Waals surface area contributed by atoms with Crippen molar-refractivity contribution < 1.29 is 19.0 Å². The van der Waals surface area contributed by atoms with Gasteiger partial charge in [0.25, 0.3) is 0 Å². The minimum absolute atomic E-state index is 0.0783. The van der Waals surface area contributed by atoms with E-state index in [1.807, 2.05) is 20.8 Å². The van der Waals surface area contributed by atoms with Crippen molar-refractivity contribution in [2.45, 2.75) is 91.1 Å². The molecule has 4 nitrogen and oxygen atoms in total. The Balaban J connectivity index is 1.97. The molecule has 2 aliphatic rings. The van der Waals surface area contributed by atoms with Crippen LogP contribution in [0.1, 0.15) is 85.5 Å². The minimum atomic E-state index is -0.453. The molecule has 0 spiro atoms. The Labute approximate surface area is 154 Å². The molecule has 0 aromatic heterocycles. The maximum Gasteiger partial charge on any atom is 0.312 e. The predicted octanol–water partition coefficient (Wildman–Crippen LogP) is 5.10. The molecule has 2 fully saturated rings. The van der Waals surface area contributed by atoms with Gasteiger partial charge in [0.15, 0.2) is 0 Å². The van der Waals surface area contributed by atoms with Crippen molar-refractivity contribution in [2.75, 3.05) is 20.0 Å². The molecule has 0 N–H and O–H groups in total. The third-order valence-corrected chi connectivity index (χ3v) is 6.13. The molecule has 2 unspecified atom stereocenters. The van der Waals surface area contributed by atoms with Gasteiger partial charge in [-0.3, -0.25) is 4.79 Å². The van der Waals surface area contributed by atoms with E-state index in [0.717, 1.165) is 38.7 Å². The van der Waals surface area contributed by atoms with E-state index in [9.17, 15) is 4.79 Å². The highest BCUT2D eigenvalue weighted by Gasteiger charge is 2.46. The van der Waals surface area contributed by atoms with E-state index in [2.05, 4.69) is 6.92 Å². The van der Waals surface area contributed by atoms with Crippen LogP contribution in [0.3, 0.4) is 0 Å². The summed E-state index contributed by atoms with van der Waals surface area (Å²) in [5, 5.41) is 0. The minimum Gasteiger partial charge on any atom is -0.456 e. The van der Waals surface area contributed by atoms with Gasteiger partial charge in [-0.05, 0) is 57.8 Å². The predicted molar refractivity (Wildman–Crippen MR) is 99.3 cm³/mol. The number of esters is 1. The third-order valence-electron chi connectivity index (χ3n) is 6.13. The van der Waals surface area contributed by atoms with Crippen LogP contribution in [0.5, 0.6) is 0 Å². The molecule has 2 bridgehead atoms. The van der Waals surface area contributed by atoms with Crippen LogP contribution in [0.15, 0.2) is 0 Å². The van der Waals surface area contributed by atoms with Crippen molar-refractivity contribution in [3.05, 3.63) is 0 Å². The van der Waals surface area contributed by atoms with Gasteiger partial charge in [0.2, 0.25) is 0 Å². The van der Waals surface area contributed by atoms with Crippen LogP contribution >= 0.6 is 0 Å². The summed E-state index contributed by atoms with van der Waals surface area (Å²) in [5.74, 6) is 1.27. The Morgan fingerprint density at radius 3 is 2.40 bits per heavy atom. The fraction of sp³-hybridized carbons (Fsp3) is 0.952. The second-order valence-electron chi connectivity index (χ2n) is 8.84. The average molecular weight is 355 g/mol. The van der Waals surface area contributed by atoms with E-state index < -0.39 is 11.0 Å². The van der Waals surface area contributed by atoms with Gasteiger partial charge in [0, 0.05) is 6.61 Å². The van der Waals surface area contributed by atoms with Crippen molar-refractivity contribution in [3.8, 4) is 0 Å². The van der Waals surface area contributed by atoms with Gasteiger partial charge < -0.3 is 14.2 Å². The summed E-state index contributed by atoms with van der Waals surface area (Å²) in [6.07, 6.45) is 10.0. The number of fused-ring (bicyclic) bond motifs is 2. The van der Waals surface area contributed by atoms with E-state index in [4.69, 9.17) is 14.2 Å². The lowest BCUT2D eigenvalue weighted by atomic mass is 9.66. The normalized spacial score (nSPS) is 29.4. The second-order valence-corrected chi connectivity index (χ2v) is 8.84. The lowest BCUT2D eigenvalue weighted by molar-refractivity contribution is -0.196. The molecule has 2 rings (SSSR count). The van der Waals surface area contributed by atoms with E-state index in [1.165, 1.54) is 25.7 Å². The summed E-state index contributed by atoms with van der Waals surface area (Å²) < 4.78 is 17.6. The van der Waals surface area contributed by atoms with Crippen molar-refractivity contribution in [2.24, 2.45) is 17.3 Å². The number of ether oxygens (including phenoxy) is 3. The molecule has 0 aliphatic heterocycles. The fourth-order valence-electron chi connectivity index (χ4n) is 4.21. The Kier molecular flexibility index (Phi) is 7.75. The first-order chi connectivity index (χ1) is 11.9. The summed E-state index contributed by atoms with van der Waals surface area (Å²) in [4.78, 5) is 12.8. The van der Waals surface area contributed by atoms with Gasteiger partial charge in [0.1, 0.15) is 12.4 Å². The Hall–Kier alpha value is -0.610. The smallest absolute Gasteiger partial charge is 0.312 e. The van der Waals surface area contributed by atoms with Crippen LogP contribution < -0.4 is 0 Å². The van der Waals surface area contributed by atoms with E-state index in [1.54, 1.807) is 0 Å². The molecule has 0 amide bonds. The zero-order chi connectivity index (χ0) is 18.3. The number of carbonyl (C=O) groups excluding carboxylic acids is 1. The molecule has 2 atom stereocenters. The highest BCUT2D eigenvalue weighted by Crippen LogP contribution is 2.47. The largest absolute Gasteiger partial charge is 0.456 e. The van der Waals surface area contributed by atoms with E-state index in [-0.39, 0.29) is 5.97 Å². The first kappa shape index (κ1) is 20.7. The first-order valence-electron chi connectivity index (χ1n) is 10.3. The third kappa shape index (κ3) is 5.96. The van der Waals surface area contributed by atoms with Crippen molar-refractivity contribution >= 4 is 5.97 Å². The quantitative estimate of drug-likeness (QED) is 0.311. The molecule has 0 radical (unpaired) electrons. The van der Waals surface area contributed by atoms with Gasteiger partial charge in [-0.1, -0.05) is 39.5 Å². The lowest BCUT2D eigenvalue weighted by Gasteiger charge is -2.47. The molecular weight excluding hydrogens is 316 g/mol. The van der Waals surface area contributed by atoms with Crippen molar-refractivity contribution in [3.63, 3.8) is 0 Å². The van der Waals surface area contributed by atoms with Crippen LogP contribution in [-0.2, 0) is 19.0 Å². The number of rotatable bonds is 10. The van der Waals surface area contributed by atoms with Gasteiger partial charge in [-0.25, -0.2) is 0 Å². The molecule has 146 valence electrons. The number of hydrogen-bond acceptors (Lipinski definition) is 4. The standard InChI is InChI=1S/C21H38O4/c1-5-7-11-23-16-24-15-21(25-19(22)20(3,4)6-2)13-17-9-8-10-18(12-17)14-21/h17-18H,5-16H2,1-4H3. The summed E-state index contributed by atoms with van der Waals surface area (Å²) >= 11 is 0. The van der Waals surface area contributed by atoms with Crippen LogP contribution in [0, 0.1) is 17.3 Å². The highest BCUT2D eigenvalue weighted by molar-refractivity contribution is 5.76.